The molecule has 0 aromatic heterocycles. The third-order valence-corrected chi connectivity index (χ3v) is 3.08. The average molecular weight is 249 g/mol. The third kappa shape index (κ3) is 3.49. The molecule has 0 aliphatic carbocycles. The van der Waals surface area contributed by atoms with Gasteiger partial charge in [0.1, 0.15) is 5.75 Å². The number of amides is 1. The number of ether oxygens (including phenoxy) is 1. The molecule has 0 saturated heterocycles. The molecule has 18 heavy (non-hydrogen) atoms. The van der Waals surface area contributed by atoms with Crippen LogP contribution in [0.5, 0.6) is 5.75 Å². The van der Waals surface area contributed by atoms with E-state index in [0.29, 0.717) is 6.42 Å². The summed E-state index contributed by atoms with van der Waals surface area (Å²) in [6.45, 7) is 9.39. The maximum atomic E-state index is 12.3. The van der Waals surface area contributed by atoms with Gasteiger partial charge in [-0.2, -0.15) is 0 Å². The largest absolute Gasteiger partial charge is 0.480 e. The highest BCUT2D eigenvalue weighted by Crippen LogP contribution is 2.19. The minimum absolute atomic E-state index is 0.0748. The van der Waals surface area contributed by atoms with Crippen molar-refractivity contribution in [2.24, 2.45) is 0 Å². The summed E-state index contributed by atoms with van der Waals surface area (Å²) in [6.07, 6.45) is 0.301. The number of likely N-dealkylation sites (N-methyl/N-ethyl adjacent to an activating group) is 1. The Labute approximate surface area is 110 Å². The van der Waals surface area contributed by atoms with Crippen LogP contribution in [0.2, 0.25) is 0 Å². The Balaban J connectivity index is 2.79. The van der Waals surface area contributed by atoms with Crippen molar-refractivity contribution in [3.05, 3.63) is 29.8 Å². The summed E-state index contributed by atoms with van der Waals surface area (Å²) in [5.41, 5.74) is 1.06. The molecule has 0 saturated carbocycles. The zero-order valence-corrected chi connectivity index (χ0v) is 11.8. The minimum atomic E-state index is -0.383. The van der Waals surface area contributed by atoms with E-state index in [2.05, 4.69) is 0 Å². The molecule has 1 aromatic rings. The number of para-hydroxylation sites is 1. The van der Waals surface area contributed by atoms with Gasteiger partial charge in [0, 0.05) is 13.1 Å². The van der Waals surface area contributed by atoms with Gasteiger partial charge in [-0.05, 0) is 38.8 Å². The lowest BCUT2D eigenvalue weighted by Gasteiger charge is -2.25. The van der Waals surface area contributed by atoms with Crippen LogP contribution in [0.1, 0.15) is 32.8 Å². The van der Waals surface area contributed by atoms with Crippen molar-refractivity contribution < 1.29 is 9.53 Å². The van der Waals surface area contributed by atoms with Crippen LogP contribution in [0, 0.1) is 6.92 Å². The standard InChI is InChI=1S/C15H23NO2/c1-5-13(15(17)16(6-2)7-3)18-14-11-9-8-10-12(14)4/h8-11,13H,5-7H2,1-4H3/t13-/m1/s1. The SMILES string of the molecule is CC[C@@H](Oc1ccccc1C)C(=O)N(CC)CC. The Bertz CT molecular complexity index is 386. The van der Waals surface area contributed by atoms with Crippen LogP contribution in [0.3, 0.4) is 0 Å². The molecule has 0 fully saturated rings. The first-order valence-corrected chi connectivity index (χ1v) is 6.65. The molecular formula is C15H23NO2. The van der Waals surface area contributed by atoms with Crippen molar-refractivity contribution >= 4 is 5.91 Å². The van der Waals surface area contributed by atoms with Gasteiger partial charge in [0.15, 0.2) is 6.10 Å². The van der Waals surface area contributed by atoms with E-state index in [0.717, 1.165) is 24.4 Å². The van der Waals surface area contributed by atoms with Gasteiger partial charge in [-0.25, -0.2) is 0 Å². The molecule has 0 aliphatic rings. The van der Waals surface area contributed by atoms with Gasteiger partial charge < -0.3 is 9.64 Å². The number of hydrogen-bond acceptors (Lipinski definition) is 2. The number of aryl methyl sites for hydroxylation is 1. The summed E-state index contributed by atoms with van der Waals surface area (Å²) in [4.78, 5) is 14.1. The van der Waals surface area contributed by atoms with Gasteiger partial charge >= 0.3 is 0 Å². The van der Waals surface area contributed by atoms with Crippen molar-refractivity contribution in [2.45, 2.75) is 40.2 Å². The molecular weight excluding hydrogens is 226 g/mol. The summed E-state index contributed by atoms with van der Waals surface area (Å²) in [5.74, 6) is 0.871. The Kier molecular flexibility index (Phi) is 5.69. The van der Waals surface area contributed by atoms with E-state index in [9.17, 15) is 4.79 Å². The predicted octanol–water partition coefficient (Wildman–Crippen LogP) is 3.02. The van der Waals surface area contributed by atoms with Gasteiger partial charge in [0.2, 0.25) is 0 Å². The number of benzene rings is 1. The fourth-order valence-electron chi connectivity index (χ4n) is 1.89. The van der Waals surface area contributed by atoms with Crippen LogP contribution < -0.4 is 4.74 Å². The van der Waals surface area contributed by atoms with Crippen molar-refractivity contribution in [2.75, 3.05) is 13.1 Å². The van der Waals surface area contributed by atoms with Gasteiger partial charge in [-0.3, -0.25) is 4.79 Å². The zero-order valence-electron chi connectivity index (χ0n) is 11.8. The highest BCUT2D eigenvalue weighted by Gasteiger charge is 2.23. The number of rotatable bonds is 6. The molecule has 0 unspecified atom stereocenters. The maximum absolute atomic E-state index is 12.3. The highest BCUT2D eigenvalue weighted by molar-refractivity contribution is 5.81. The molecule has 3 heteroatoms. The topological polar surface area (TPSA) is 29.5 Å². The van der Waals surface area contributed by atoms with Gasteiger partial charge in [-0.15, -0.1) is 0 Å². The molecule has 100 valence electrons. The Morgan fingerprint density at radius 2 is 1.83 bits per heavy atom. The van der Waals surface area contributed by atoms with E-state index in [1.807, 2.05) is 56.9 Å². The second-order valence-corrected chi connectivity index (χ2v) is 4.29. The first-order valence-electron chi connectivity index (χ1n) is 6.65. The molecule has 1 rings (SSSR count). The fraction of sp³-hybridized carbons (Fsp3) is 0.533. The van der Waals surface area contributed by atoms with Crippen LogP contribution in [0.15, 0.2) is 24.3 Å². The van der Waals surface area contributed by atoms with Gasteiger partial charge in [0.05, 0.1) is 0 Å². The maximum Gasteiger partial charge on any atom is 0.263 e. The number of carbonyl (C=O) groups excluding carboxylic acids is 1. The second kappa shape index (κ2) is 7.04. The summed E-state index contributed by atoms with van der Waals surface area (Å²) >= 11 is 0. The minimum Gasteiger partial charge on any atom is -0.480 e. The predicted molar refractivity (Wildman–Crippen MR) is 73.8 cm³/mol. The summed E-state index contributed by atoms with van der Waals surface area (Å²) in [6, 6.07) is 7.80. The first kappa shape index (κ1) is 14.6. The first-order chi connectivity index (χ1) is 8.63. The van der Waals surface area contributed by atoms with Crippen molar-refractivity contribution in [3.63, 3.8) is 0 Å². The molecule has 0 heterocycles. The van der Waals surface area contributed by atoms with Gasteiger partial charge in [0.25, 0.3) is 5.91 Å². The Morgan fingerprint density at radius 3 is 2.33 bits per heavy atom. The van der Waals surface area contributed by atoms with Crippen LogP contribution in [0.25, 0.3) is 0 Å². The summed E-state index contributed by atoms with van der Waals surface area (Å²) < 4.78 is 5.85. The third-order valence-electron chi connectivity index (χ3n) is 3.08. The van der Waals surface area contributed by atoms with Crippen LogP contribution in [-0.2, 0) is 4.79 Å². The molecule has 0 aliphatic heterocycles. The van der Waals surface area contributed by atoms with Crippen molar-refractivity contribution in [1.82, 2.24) is 4.90 Å². The second-order valence-electron chi connectivity index (χ2n) is 4.29. The van der Waals surface area contributed by atoms with Crippen molar-refractivity contribution in [3.8, 4) is 5.75 Å². The number of nitrogens with zero attached hydrogens (tertiary/aromatic N) is 1. The molecule has 0 bridgehead atoms. The van der Waals surface area contributed by atoms with Crippen LogP contribution >= 0.6 is 0 Å². The Hall–Kier alpha value is -1.51. The normalized spacial score (nSPS) is 12.0. The van der Waals surface area contributed by atoms with E-state index in [-0.39, 0.29) is 12.0 Å². The van der Waals surface area contributed by atoms with E-state index in [4.69, 9.17) is 4.74 Å². The molecule has 1 atom stereocenters. The smallest absolute Gasteiger partial charge is 0.263 e. The summed E-state index contributed by atoms with van der Waals surface area (Å²) in [7, 11) is 0. The Morgan fingerprint density at radius 1 is 1.22 bits per heavy atom. The van der Waals surface area contributed by atoms with E-state index in [1.54, 1.807) is 0 Å². The van der Waals surface area contributed by atoms with E-state index < -0.39 is 0 Å². The van der Waals surface area contributed by atoms with E-state index in [1.165, 1.54) is 0 Å². The quantitative estimate of drug-likeness (QED) is 0.775. The fourth-order valence-corrected chi connectivity index (χ4v) is 1.89. The zero-order chi connectivity index (χ0) is 13.5. The highest BCUT2D eigenvalue weighted by atomic mass is 16.5. The molecule has 1 aromatic carbocycles. The lowest BCUT2D eigenvalue weighted by atomic mass is 10.2. The van der Waals surface area contributed by atoms with Gasteiger partial charge in [-0.1, -0.05) is 25.1 Å². The molecule has 1 amide bonds. The molecule has 0 radical (unpaired) electrons. The average Bonchev–Trinajstić information content (AvgIpc) is 2.39. The lowest BCUT2D eigenvalue weighted by Crippen LogP contribution is -2.41. The summed E-state index contributed by atoms with van der Waals surface area (Å²) in [5, 5.41) is 0. The molecule has 0 spiro atoms. The molecule has 0 N–H and O–H groups in total. The van der Waals surface area contributed by atoms with Crippen molar-refractivity contribution in [1.29, 1.82) is 0 Å². The molecule has 3 nitrogen and oxygen atoms in total. The number of carbonyl (C=O) groups is 1. The van der Waals surface area contributed by atoms with E-state index >= 15 is 0 Å². The monoisotopic (exact) mass is 249 g/mol. The number of hydrogen-bond donors (Lipinski definition) is 0. The van der Waals surface area contributed by atoms with Crippen LogP contribution in [-0.4, -0.2) is 30.0 Å². The van der Waals surface area contributed by atoms with Crippen LogP contribution in [0.4, 0.5) is 0 Å². The lowest BCUT2D eigenvalue weighted by molar-refractivity contribution is -0.138.